The molecule has 0 fully saturated rings. The highest BCUT2D eigenvalue weighted by Crippen LogP contribution is 2.13. The molecule has 1 aromatic carbocycles. The van der Waals surface area contributed by atoms with E-state index in [-0.39, 0.29) is 16.8 Å². The third kappa shape index (κ3) is 1.80. The SMILES string of the molecule is COc1c(C#N)cccc1B(O)O. The highest BCUT2D eigenvalue weighted by atomic mass is 16.5. The van der Waals surface area contributed by atoms with Crippen molar-refractivity contribution in [3.8, 4) is 11.8 Å². The Balaban J connectivity index is 3.29. The molecule has 1 rings (SSSR count). The van der Waals surface area contributed by atoms with Crippen molar-refractivity contribution in [2.75, 3.05) is 7.11 Å². The molecule has 0 atom stereocenters. The van der Waals surface area contributed by atoms with E-state index in [0.29, 0.717) is 0 Å². The number of ether oxygens (including phenoxy) is 1. The normalized spacial score (nSPS) is 9.08. The van der Waals surface area contributed by atoms with E-state index in [1.165, 1.54) is 13.2 Å². The van der Waals surface area contributed by atoms with Crippen molar-refractivity contribution in [1.29, 1.82) is 5.26 Å². The van der Waals surface area contributed by atoms with Crippen LogP contribution in [-0.4, -0.2) is 24.3 Å². The van der Waals surface area contributed by atoms with Crippen LogP contribution < -0.4 is 10.2 Å². The fourth-order valence-corrected chi connectivity index (χ4v) is 1.07. The number of nitriles is 1. The van der Waals surface area contributed by atoms with E-state index in [1.807, 2.05) is 6.07 Å². The zero-order valence-electron chi connectivity index (χ0n) is 7.06. The highest BCUT2D eigenvalue weighted by Gasteiger charge is 2.18. The fourth-order valence-electron chi connectivity index (χ4n) is 1.07. The van der Waals surface area contributed by atoms with E-state index in [0.717, 1.165) is 0 Å². The molecule has 0 bridgehead atoms. The second kappa shape index (κ2) is 3.94. The third-order valence-corrected chi connectivity index (χ3v) is 1.65. The number of methoxy groups -OCH3 is 1. The van der Waals surface area contributed by atoms with Crippen LogP contribution in [0.1, 0.15) is 5.56 Å². The Labute approximate surface area is 76.1 Å². The van der Waals surface area contributed by atoms with Crippen LogP contribution >= 0.6 is 0 Å². The van der Waals surface area contributed by atoms with E-state index >= 15 is 0 Å². The fraction of sp³-hybridized carbons (Fsp3) is 0.125. The van der Waals surface area contributed by atoms with Crippen molar-refractivity contribution in [2.24, 2.45) is 0 Å². The smallest absolute Gasteiger partial charge is 0.492 e. The number of nitrogens with zero attached hydrogens (tertiary/aromatic N) is 1. The number of benzene rings is 1. The molecule has 0 aliphatic carbocycles. The minimum atomic E-state index is -1.62. The Hall–Kier alpha value is -1.51. The quantitative estimate of drug-likeness (QED) is 0.582. The van der Waals surface area contributed by atoms with Crippen LogP contribution in [0.2, 0.25) is 0 Å². The standard InChI is InChI=1S/C8H8BNO3/c1-13-8-6(5-10)3-2-4-7(8)9(11)12/h2-4,11-12H,1H3. The van der Waals surface area contributed by atoms with Gasteiger partial charge in [-0.05, 0) is 6.07 Å². The summed E-state index contributed by atoms with van der Waals surface area (Å²) in [4.78, 5) is 0. The number of hydrogen-bond donors (Lipinski definition) is 2. The van der Waals surface area contributed by atoms with E-state index in [2.05, 4.69) is 0 Å². The molecule has 0 unspecified atom stereocenters. The van der Waals surface area contributed by atoms with Crippen molar-refractivity contribution < 1.29 is 14.8 Å². The van der Waals surface area contributed by atoms with Crippen LogP contribution in [0.3, 0.4) is 0 Å². The molecular formula is C8H8BNO3. The predicted molar refractivity (Wildman–Crippen MR) is 47.5 cm³/mol. The van der Waals surface area contributed by atoms with E-state index < -0.39 is 7.12 Å². The second-order valence-corrected chi connectivity index (χ2v) is 2.41. The van der Waals surface area contributed by atoms with Crippen molar-refractivity contribution >= 4 is 12.6 Å². The Morgan fingerprint density at radius 3 is 2.62 bits per heavy atom. The third-order valence-electron chi connectivity index (χ3n) is 1.65. The lowest BCUT2D eigenvalue weighted by molar-refractivity contribution is 0.402. The van der Waals surface area contributed by atoms with Crippen LogP contribution in [0, 0.1) is 11.3 Å². The zero-order chi connectivity index (χ0) is 9.84. The number of para-hydroxylation sites is 1. The summed E-state index contributed by atoms with van der Waals surface area (Å²) in [6.07, 6.45) is 0. The lowest BCUT2D eigenvalue weighted by atomic mass is 9.78. The molecule has 4 nitrogen and oxygen atoms in total. The van der Waals surface area contributed by atoms with Crippen molar-refractivity contribution in [1.82, 2.24) is 0 Å². The van der Waals surface area contributed by atoms with Crippen LogP contribution in [-0.2, 0) is 0 Å². The van der Waals surface area contributed by atoms with Gasteiger partial charge in [-0.15, -0.1) is 0 Å². The topological polar surface area (TPSA) is 73.5 Å². The summed E-state index contributed by atoms with van der Waals surface area (Å²) in [5.74, 6) is 0.208. The van der Waals surface area contributed by atoms with Gasteiger partial charge in [-0.2, -0.15) is 5.26 Å². The molecule has 5 heteroatoms. The summed E-state index contributed by atoms with van der Waals surface area (Å²) < 4.78 is 4.89. The van der Waals surface area contributed by atoms with Crippen molar-refractivity contribution in [3.05, 3.63) is 23.8 Å². The Kier molecular flexibility index (Phi) is 2.90. The van der Waals surface area contributed by atoms with Gasteiger partial charge in [-0.1, -0.05) is 12.1 Å². The summed E-state index contributed by atoms with van der Waals surface area (Å²) in [6.45, 7) is 0. The first-order chi connectivity index (χ1) is 6.20. The zero-order valence-corrected chi connectivity index (χ0v) is 7.06. The molecule has 0 spiro atoms. The van der Waals surface area contributed by atoms with Crippen LogP contribution in [0.25, 0.3) is 0 Å². The molecule has 0 saturated heterocycles. The first-order valence-electron chi connectivity index (χ1n) is 3.64. The van der Waals surface area contributed by atoms with Gasteiger partial charge in [0.25, 0.3) is 0 Å². The Morgan fingerprint density at radius 2 is 2.15 bits per heavy atom. The van der Waals surface area contributed by atoms with Crippen LogP contribution in [0.15, 0.2) is 18.2 Å². The largest absolute Gasteiger partial charge is 0.496 e. The summed E-state index contributed by atoms with van der Waals surface area (Å²) in [5.41, 5.74) is 0.481. The van der Waals surface area contributed by atoms with Crippen molar-refractivity contribution in [2.45, 2.75) is 0 Å². The Morgan fingerprint density at radius 1 is 1.46 bits per heavy atom. The number of rotatable bonds is 2. The van der Waals surface area contributed by atoms with Gasteiger partial charge in [0.1, 0.15) is 11.8 Å². The number of hydrogen-bond acceptors (Lipinski definition) is 4. The van der Waals surface area contributed by atoms with Crippen LogP contribution in [0.5, 0.6) is 5.75 Å². The molecule has 0 aromatic heterocycles. The summed E-state index contributed by atoms with van der Waals surface area (Å²) in [6, 6.07) is 6.50. The average molecular weight is 177 g/mol. The molecule has 0 saturated carbocycles. The molecule has 0 heterocycles. The maximum Gasteiger partial charge on any atom is 0.492 e. The first-order valence-corrected chi connectivity index (χ1v) is 3.64. The molecule has 0 radical (unpaired) electrons. The average Bonchev–Trinajstić information content (AvgIpc) is 2.16. The summed E-state index contributed by atoms with van der Waals surface area (Å²) in [7, 11) is -0.245. The predicted octanol–water partition coefficient (Wildman–Crippen LogP) is -0.753. The van der Waals surface area contributed by atoms with Gasteiger partial charge in [-0.3, -0.25) is 0 Å². The highest BCUT2D eigenvalue weighted by molar-refractivity contribution is 6.59. The Bertz CT molecular complexity index is 346. The maximum absolute atomic E-state index is 8.92. The van der Waals surface area contributed by atoms with E-state index in [1.54, 1.807) is 12.1 Å². The molecule has 0 aliphatic heterocycles. The first kappa shape index (κ1) is 9.58. The minimum Gasteiger partial charge on any atom is -0.496 e. The lowest BCUT2D eigenvalue weighted by Gasteiger charge is -2.08. The van der Waals surface area contributed by atoms with Gasteiger partial charge in [-0.25, -0.2) is 0 Å². The van der Waals surface area contributed by atoms with Gasteiger partial charge >= 0.3 is 7.12 Å². The molecule has 0 aliphatic rings. The molecular weight excluding hydrogens is 169 g/mol. The molecule has 13 heavy (non-hydrogen) atoms. The molecule has 2 N–H and O–H groups in total. The van der Waals surface area contributed by atoms with Gasteiger partial charge in [0.15, 0.2) is 0 Å². The van der Waals surface area contributed by atoms with E-state index in [4.69, 9.17) is 20.0 Å². The molecule has 1 aromatic rings. The van der Waals surface area contributed by atoms with Gasteiger partial charge in [0.2, 0.25) is 0 Å². The van der Waals surface area contributed by atoms with Crippen molar-refractivity contribution in [3.63, 3.8) is 0 Å². The minimum absolute atomic E-state index is 0.196. The molecule has 0 amide bonds. The monoisotopic (exact) mass is 177 g/mol. The lowest BCUT2D eigenvalue weighted by Crippen LogP contribution is -2.31. The maximum atomic E-state index is 8.92. The summed E-state index contributed by atoms with van der Waals surface area (Å²) in [5, 5.41) is 26.5. The molecule has 66 valence electrons. The van der Waals surface area contributed by atoms with Gasteiger partial charge in [0, 0.05) is 5.46 Å². The van der Waals surface area contributed by atoms with Gasteiger partial charge < -0.3 is 14.8 Å². The van der Waals surface area contributed by atoms with E-state index in [9.17, 15) is 0 Å². The van der Waals surface area contributed by atoms with Gasteiger partial charge in [0.05, 0.1) is 12.7 Å². The summed E-state index contributed by atoms with van der Waals surface area (Å²) >= 11 is 0. The van der Waals surface area contributed by atoms with Crippen LogP contribution in [0.4, 0.5) is 0 Å². The second-order valence-electron chi connectivity index (χ2n) is 2.41.